The number of imidazole rings is 1. The van der Waals surface area contributed by atoms with E-state index >= 15 is 0 Å². The first kappa shape index (κ1) is 35.2. The normalized spacial score (nSPS) is 11.6. The minimum atomic E-state index is 1.21. The van der Waals surface area contributed by atoms with Crippen LogP contribution in [0.2, 0.25) is 0 Å². The molecule has 0 aliphatic rings. The SMILES string of the molecule is CCCCCCCCCCCCCCCCCc1n(CCCCCCCCCCCCCCC)cc[n+]1C. The predicted octanol–water partition coefficient (Wildman–Crippen LogP) is 11.8. The van der Waals surface area contributed by atoms with E-state index in [9.17, 15) is 0 Å². The van der Waals surface area contributed by atoms with Crippen LogP contribution in [0.5, 0.6) is 0 Å². The van der Waals surface area contributed by atoms with Crippen LogP contribution in [0.3, 0.4) is 0 Å². The van der Waals surface area contributed by atoms with Crippen molar-refractivity contribution in [3.8, 4) is 0 Å². The Morgan fingerprint density at radius 3 is 1.13 bits per heavy atom. The Morgan fingerprint density at radius 2 is 0.763 bits per heavy atom. The van der Waals surface area contributed by atoms with Crippen molar-refractivity contribution in [2.24, 2.45) is 7.05 Å². The van der Waals surface area contributed by atoms with E-state index in [1.165, 1.54) is 193 Å². The Hall–Kier alpha value is -0.790. The molecule has 0 bridgehead atoms. The fourth-order valence-corrected chi connectivity index (χ4v) is 6.03. The molecule has 1 aromatic rings. The second-order valence-corrected chi connectivity index (χ2v) is 12.5. The first-order valence-electron chi connectivity index (χ1n) is 17.8. The number of aromatic nitrogens is 2. The van der Waals surface area contributed by atoms with E-state index in [2.05, 4.69) is 42.4 Å². The van der Waals surface area contributed by atoms with Crippen LogP contribution < -0.4 is 4.57 Å². The van der Waals surface area contributed by atoms with E-state index < -0.39 is 0 Å². The molecule has 1 heterocycles. The van der Waals surface area contributed by atoms with E-state index in [1.54, 1.807) is 5.82 Å². The molecule has 38 heavy (non-hydrogen) atoms. The van der Waals surface area contributed by atoms with Crippen LogP contribution in [0.4, 0.5) is 0 Å². The van der Waals surface area contributed by atoms with Gasteiger partial charge in [0, 0.05) is 6.42 Å². The van der Waals surface area contributed by atoms with Crippen LogP contribution in [0.15, 0.2) is 12.4 Å². The summed E-state index contributed by atoms with van der Waals surface area (Å²) >= 11 is 0. The Labute approximate surface area is 240 Å². The van der Waals surface area contributed by atoms with E-state index in [-0.39, 0.29) is 0 Å². The lowest BCUT2D eigenvalue weighted by molar-refractivity contribution is -0.678. The number of hydrogen-bond donors (Lipinski definition) is 0. The van der Waals surface area contributed by atoms with Crippen molar-refractivity contribution in [1.29, 1.82) is 0 Å². The molecule has 0 unspecified atom stereocenters. The van der Waals surface area contributed by atoms with Gasteiger partial charge in [0.05, 0.1) is 13.6 Å². The van der Waals surface area contributed by atoms with Gasteiger partial charge in [-0.25, -0.2) is 9.13 Å². The zero-order chi connectivity index (χ0) is 27.4. The number of nitrogens with zero attached hydrogens (tertiary/aromatic N) is 2. The van der Waals surface area contributed by atoms with Gasteiger partial charge >= 0.3 is 0 Å². The summed E-state index contributed by atoms with van der Waals surface area (Å²) < 4.78 is 4.91. The van der Waals surface area contributed by atoms with Gasteiger partial charge in [0.15, 0.2) is 0 Å². The summed E-state index contributed by atoms with van der Waals surface area (Å²) in [5.74, 6) is 1.54. The van der Waals surface area contributed by atoms with Gasteiger partial charge in [-0.15, -0.1) is 0 Å². The monoisotopic (exact) mass is 532 g/mol. The molecule has 224 valence electrons. The van der Waals surface area contributed by atoms with Crippen molar-refractivity contribution in [2.75, 3.05) is 0 Å². The zero-order valence-corrected chi connectivity index (χ0v) is 26.8. The third-order valence-corrected chi connectivity index (χ3v) is 8.72. The number of unbranched alkanes of at least 4 members (excludes halogenated alkanes) is 26. The first-order chi connectivity index (χ1) is 18.8. The van der Waals surface area contributed by atoms with Gasteiger partial charge in [-0.1, -0.05) is 174 Å². The molecule has 0 saturated carbocycles. The van der Waals surface area contributed by atoms with Gasteiger partial charge in [0.1, 0.15) is 12.4 Å². The molecular formula is C36H71N2+. The van der Waals surface area contributed by atoms with Gasteiger partial charge in [-0.2, -0.15) is 0 Å². The van der Waals surface area contributed by atoms with E-state index in [0.717, 1.165) is 0 Å². The Morgan fingerprint density at radius 1 is 0.447 bits per heavy atom. The third kappa shape index (κ3) is 21.1. The van der Waals surface area contributed by atoms with Crippen LogP contribution in [0.25, 0.3) is 0 Å². The van der Waals surface area contributed by atoms with Crippen molar-refractivity contribution in [3.05, 3.63) is 18.2 Å². The number of hydrogen-bond acceptors (Lipinski definition) is 0. The molecule has 0 radical (unpaired) electrons. The second kappa shape index (κ2) is 27.8. The summed E-state index contributed by atoms with van der Waals surface area (Å²) in [6.07, 6.45) is 46.2. The first-order valence-corrected chi connectivity index (χ1v) is 17.8. The maximum Gasteiger partial charge on any atom is 0.256 e. The zero-order valence-electron chi connectivity index (χ0n) is 26.8. The topological polar surface area (TPSA) is 8.81 Å². The fourth-order valence-electron chi connectivity index (χ4n) is 6.03. The van der Waals surface area contributed by atoms with Crippen molar-refractivity contribution < 1.29 is 4.57 Å². The van der Waals surface area contributed by atoms with Crippen molar-refractivity contribution in [2.45, 2.75) is 207 Å². The Balaban J connectivity index is 1.92. The van der Waals surface area contributed by atoms with Gasteiger partial charge in [0.25, 0.3) is 5.82 Å². The number of aryl methyl sites for hydroxylation is 2. The van der Waals surface area contributed by atoms with Crippen molar-refractivity contribution in [1.82, 2.24) is 4.57 Å². The summed E-state index contributed by atoms with van der Waals surface area (Å²) in [4.78, 5) is 0. The minimum absolute atomic E-state index is 1.21. The largest absolute Gasteiger partial charge is 0.256 e. The van der Waals surface area contributed by atoms with Crippen LogP contribution in [-0.2, 0) is 20.0 Å². The minimum Gasteiger partial charge on any atom is -0.237 e. The summed E-state index contributed by atoms with van der Waals surface area (Å²) in [7, 11) is 2.24. The van der Waals surface area contributed by atoms with Crippen LogP contribution >= 0.6 is 0 Å². The molecule has 0 atom stereocenters. The smallest absolute Gasteiger partial charge is 0.237 e. The lowest BCUT2D eigenvalue weighted by Crippen LogP contribution is -2.32. The van der Waals surface area contributed by atoms with Crippen molar-refractivity contribution in [3.63, 3.8) is 0 Å². The summed E-state index contributed by atoms with van der Waals surface area (Å²) in [5.41, 5.74) is 0. The lowest BCUT2D eigenvalue weighted by atomic mass is 10.0. The summed E-state index contributed by atoms with van der Waals surface area (Å²) in [5, 5.41) is 0. The van der Waals surface area contributed by atoms with E-state index in [4.69, 9.17) is 0 Å². The van der Waals surface area contributed by atoms with Crippen LogP contribution in [-0.4, -0.2) is 4.57 Å². The molecule has 0 fully saturated rings. The average molecular weight is 532 g/mol. The van der Waals surface area contributed by atoms with Crippen LogP contribution in [0, 0.1) is 0 Å². The second-order valence-electron chi connectivity index (χ2n) is 12.5. The summed E-state index contributed by atoms with van der Waals surface area (Å²) in [6, 6.07) is 0. The highest BCUT2D eigenvalue weighted by molar-refractivity contribution is 4.84. The molecule has 2 nitrogen and oxygen atoms in total. The van der Waals surface area contributed by atoms with E-state index in [1.807, 2.05) is 0 Å². The van der Waals surface area contributed by atoms with Gasteiger partial charge in [-0.3, -0.25) is 0 Å². The molecule has 0 saturated heterocycles. The molecule has 0 N–H and O–H groups in total. The molecule has 0 amide bonds. The van der Waals surface area contributed by atoms with Gasteiger partial charge in [-0.05, 0) is 19.3 Å². The van der Waals surface area contributed by atoms with E-state index in [0.29, 0.717) is 0 Å². The molecule has 0 spiro atoms. The molecule has 0 aromatic carbocycles. The standard InChI is InChI=1S/C36H71N2/c1-4-6-8-10-12-14-16-18-19-20-22-24-26-28-30-32-36-37(3)34-35-38(36)33-31-29-27-25-23-21-17-15-13-11-9-7-5-2/h34-35H,4-33H2,1-3H3/q+1. The maximum atomic E-state index is 2.54. The maximum absolute atomic E-state index is 2.54. The highest BCUT2D eigenvalue weighted by Crippen LogP contribution is 2.15. The third-order valence-electron chi connectivity index (χ3n) is 8.72. The lowest BCUT2D eigenvalue weighted by Gasteiger charge is -2.05. The quantitative estimate of drug-likeness (QED) is 0.0689. The highest BCUT2D eigenvalue weighted by Gasteiger charge is 2.13. The Bertz CT molecular complexity index is 590. The van der Waals surface area contributed by atoms with Crippen molar-refractivity contribution >= 4 is 0 Å². The molecule has 0 aliphatic heterocycles. The van der Waals surface area contributed by atoms with Gasteiger partial charge < -0.3 is 0 Å². The molecule has 1 aromatic heterocycles. The van der Waals surface area contributed by atoms with Crippen LogP contribution in [0.1, 0.15) is 199 Å². The molecule has 1 rings (SSSR count). The Kier molecular flexibility index (Phi) is 25.7. The van der Waals surface area contributed by atoms with Gasteiger partial charge in [0.2, 0.25) is 0 Å². The highest BCUT2D eigenvalue weighted by atomic mass is 15.1. The number of rotatable bonds is 30. The predicted molar refractivity (Wildman–Crippen MR) is 170 cm³/mol. The fraction of sp³-hybridized carbons (Fsp3) is 0.917. The summed E-state index contributed by atoms with van der Waals surface area (Å²) in [6.45, 7) is 5.83. The molecular weight excluding hydrogens is 460 g/mol. The molecule has 2 heteroatoms. The molecule has 0 aliphatic carbocycles. The average Bonchev–Trinajstić information content (AvgIpc) is 3.27.